The maximum absolute atomic E-state index is 3.82. The largest absolute Gasteiger partial charge is 0.318 e. The van der Waals surface area contributed by atoms with Gasteiger partial charge in [0, 0.05) is 12.3 Å². The van der Waals surface area contributed by atoms with Crippen molar-refractivity contribution in [3.63, 3.8) is 0 Å². The second-order valence-corrected chi connectivity index (χ2v) is 2.88. The molecule has 9 heavy (non-hydrogen) atoms. The fourth-order valence-corrected chi connectivity index (χ4v) is 0.717. The lowest BCUT2D eigenvalue weighted by atomic mass is 10.8. The van der Waals surface area contributed by atoms with Crippen molar-refractivity contribution >= 4 is 41.0 Å². The van der Waals surface area contributed by atoms with Crippen LogP contribution in [0.15, 0.2) is 5.10 Å². The van der Waals surface area contributed by atoms with E-state index in [1.807, 2.05) is 22.9 Å². The van der Waals surface area contributed by atoms with E-state index < -0.39 is 0 Å². The van der Waals surface area contributed by atoms with E-state index in [1.165, 1.54) is 0 Å². The SMILES string of the molecule is CSCCN/N=C\NI. The Labute approximate surface area is 73.5 Å². The maximum atomic E-state index is 3.82. The second-order valence-electron chi connectivity index (χ2n) is 1.27. The molecule has 0 aromatic heterocycles. The Balaban J connectivity index is 2.82. The highest BCUT2D eigenvalue weighted by atomic mass is 127. The van der Waals surface area contributed by atoms with Crippen LogP contribution in [0.3, 0.4) is 0 Å². The first-order valence-corrected chi connectivity index (χ1v) is 4.98. The summed E-state index contributed by atoms with van der Waals surface area (Å²) in [6.45, 7) is 0.927. The van der Waals surface area contributed by atoms with Crippen molar-refractivity contribution in [1.29, 1.82) is 0 Å². The molecule has 0 saturated heterocycles. The van der Waals surface area contributed by atoms with E-state index in [-0.39, 0.29) is 0 Å². The molecule has 0 heterocycles. The van der Waals surface area contributed by atoms with E-state index >= 15 is 0 Å². The molecule has 0 rings (SSSR count). The normalized spacial score (nSPS) is 10.0. The van der Waals surface area contributed by atoms with Crippen LogP contribution in [-0.4, -0.2) is 24.9 Å². The average molecular weight is 259 g/mol. The van der Waals surface area contributed by atoms with Crippen molar-refractivity contribution < 1.29 is 0 Å². The van der Waals surface area contributed by atoms with Gasteiger partial charge in [-0.1, -0.05) is 0 Å². The minimum absolute atomic E-state index is 0.927. The Morgan fingerprint density at radius 2 is 2.56 bits per heavy atom. The highest BCUT2D eigenvalue weighted by Crippen LogP contribution is 1.86. The van der Waals surface area contributed by atoms with Crippen LogP contribution in [0.1, 0.15) is 0 Å². The number of hydrogen-bond acceptors (Lipinski definition) is 3. The van der Waals surface area contributed by atoms with Crippen LogP contribution in [0.25, 0.3) is 0 Å². The molecule has 0 spiro atoms. The van der Waals surface area contributed by atoms with Crippen molar-refractivity contribution in [2.75, 3.05) is 18.6 Å². The topological polar surface area (TPSA) is 36.4 Å². The Kier molecular flexibility index (Phi) is 8.67. The van der Waals surface area contributed by atoms with Gasteiger partial charge in [0.1, 0.15) is 6.34 Å². The Hall–Kier alpha value is 0.350. The summed E-state index contributed by atoms with van der Waals surface area (Å²) >= 11 is 3.80. The molecule has 0 amide bonds. The molecule has 0 aromatic rings. The summed E-state index contributed by atoms with van der Waals surface area (Å²) < 4.78 is 2.75. The van der Waals surface area contributed by atoms with E-state index in [2.05, 4.69) is 20.3 Å². The third-order valence-electron chi connectivity index (χ3n) is 0.623. The lowest BCUT2D eigenvalue weighted by Crippen LogP contribution is -2.11. The van der Waals surface area contributed by atoms with Gasteiger partial charge < -0.3 is 8.96 Å². The van der Waals surface area contributed by atoms with Gasteiger partial charge in [0.2, 0.25) is 0 Å². The molecule has 0 bridgehead atoms. The van der Waals surface area contributed by atoms with Crippen LogP contribution < -0.4 is 8.96 Å². The third-order valence-corrected chi connectivity index (χ3v) is 1.51. The van der Waals surface area contributed by atoms with Gasteiger partial charge in [0.05, 0.1) is 22.9 Å². The van der Waals surface area contributed by atoms with Crippen molar-refractivity contribution in [2.24, 2.45) is 5.10 Å². The summed E-state index contributed by atoms with van der Waals surface area (Å²) in [5.74, 6) is 1.10. The van der Waals surface area contributed by atoms with E-state index in [1.54, 1.807) is 18.1 Å². The number of hydrazone groups is 1. The fraction of sp³-hybridized carbons (Fsp3) is 0.750. The highest BCUT2D eigenvalue weighted by molar-refractivity contribution is 14.1. The van der Waals surface area contributed by atoms with Crippen molar-refractivity contribution in [3.05, 3.63) is 0 Å². The molecule has 0 saturated carbocycles. The van der Waals surface area contributed by atoms with Gasteiger partial charge in [0.15, 0.2) is 0 Å². The Morgan fingerprint density at radius 1 is 1.78 bits per heavy atom. The molecule has 2 N–H and O–H groups in total. The molecular weight excluding hydrogens is 249 g/mol. The molecule has 0 unspecified atom stereocenters. The molecule has 5 heteroatoms. The molecule has 0 atom stereocenters. The summed E-state index contributed by atoms with van der Waals surface area (Å²) in [4.78, 5) is 0. The molecule has 0 fully saturated rings. The van der Waals surface area contributed by atoms with Crippen LogP contribution in [0.5, 0.6) is 0 Å². The lowest BCUT2D eigenvalue weighted by molar-refractivity contribution is 0.792. The van der Waals surface area contributed by atoms with Gasteiger partial charge in [-0.25, -0.2) is 0 Å². The number of rotatable bonds is 5. The van der Waals surface area contributed by atoms with E-state index in [0.29, 0.717) is 0 Å². The zero-order chi connectivity index (χ0) is 6.95. The first-order chi connectivity index (χ1) is 4.41. The zero-order valence-corrected chi connectivity index (χ0v) is 8.20. The standard InChI is InChI=1S/C4H10IN3S/c1-9-3-2-7-8-4-6-5/h4,7H,2-3H2,1H3,(H,6,8). The van der Waals surface area contributed by atoms with Crippen LogP contribution in [-0.2, 0) is 0 Å². The maximum Gasteiger partial charge on any atom is 0.117 e. The second kappa shape index (κ2) is 8.35. The predicted octanol–water partition coefficient (Wildman–Crippen LogP) is 0.822. The minimum atomic E-state index is 0.927. The molecule has 0 aliphatic carbocycles. The predicted molar refractivity (Wildman–Crippen MR) is 52.0 cm³/mol. The van der Waals surface area contributed by atoms with E-state index in [0.717, 1.165) is 12.3 Å². The van der Waals surface area contributed by atoms with Crippen LogP contribution in [0.2, 0.25) is 0 Å². The van der Waals surface area contributed by atoms with E-state index in [4.69, 9.17) is 0 Å². The fourth-order valence-electron chi connectivity index (χ4n) is 0.282. The molecule has 3 nitrogen and oxygen atoms in total. The number of hydrogen-bond donors (Lipinski definition) is 2. The summed E-state index contributed by atoms with van der Waals surface area (Å²) in [6.07, 6.45) is 3.68. The quantitative estimate of drug-likeness (QED) is 0.192. The van der Waals surface area contributed by atoms with Gasteiger partial charge in [0.25, 0.3) is 0 Å². The first kappa shape index (κ1) is 9.35. The first-order valence-electron chi connectivity index (χ1n) is 2.51. The zero-order valence-electron chi connectivity index (χ0n) is 5.22. The molecule has 0 aliphatic heterocycles. The molecular formula is C4H10IN3S. The third kappa shape index (κ3) is 8.35. The molecule has 0 radical (unpaired) electrons. The highest BCUT2D eigenvalue weighted by Gasteiger charge is 1.77. The van der Waals surface area contributed by atoms with Gasteiger partial charge in [-0.05, 0) is 6.26 Å². The van der Waals surface area contributed by atoms with E-state index in [9.17, 15) is 0 Å². The Bertz CT molecular complexity index is 78.2. The number of nitrogens with zero attached hydrogens (tertiary/aromatic N) is 1. The smallest absolute Gasteiger partial charge is 0.117 e. The van der Waals surface area contributed by atoms with Gasteiger partial charge >= 0.3 is 0 Å². The number of halogens is 1. The molecule has 0 aromatic carbocycles. The monoisotopic (exact) mass is 259 g/mol. The summed E-state index contributed by atoms with van der Waals surface area (Å²) in [7, 11) is 0. The van der Waals surface area contributed by atoms with Crippen LogP contribution in [0.4, 0.5) is 0 Å². The summed E-state index contributed by atoms with van der Waals surface area (Å²) in [5.41, 5.74) is 2.87. The van der Waals surface area contributed by atoms with Gasteiger partial charge in [-0.15, -0.1) is 0 Å². The van der Waals surface area contributed by atoms with Crippen molar-refractivity contribution in [2.45, 2.75) is 0 Å². The lowest BCUT2D eigenvalue weighted by Gasteiger charge is -1.94. The summed E-state index contributed by atoms with van der Waals surface area (Å²) in [5, 5.41) is 3.82. The van der Waals surface area contributed by atoms with Gasteiger partial charge in [-0.2, -0.15) is 16.9 Å². The average Bonchev–Trinajstić information content (AvgIpc) is 1.89. The number of nitrogens with one attached hydrogen (secondary N) is 2. The van der Waals surface area contributed by atoms with Crippen LogP contribution >= 0.6 is 34.6 Å². The minimum Gasteiger partial charge on any atom is -0.318 e. The Morgan fingerprint density at radius 3 is 3.11 bits per heavy atom. The molecule has 54 valence electrons. The van der Waals surface area contributed by atoms with Crippen molar-refractivity contribution in [1.82, 2.24) is 8.96 Å². The number of thioether (sulfide) groups is 1. The summed E-state index contributed by atoms with van der Waals surface area (Å²) in [6, 6.07) is 0. The van der Waals surface area contributed by atoms with Crippen LogP contribution in [0, 0.1) is 0 Å². The van der Waals surface area contributed by atoms with Gasteiger partial charge in [-0.3, -0.25) is 0 Å². The molecule has 0 aliphatic rings. The van der Waals surface area contributed by atoms with Crippen molar-refractivity contribution in [3.8, 4) is 0 Å².